The number of amides is 2. The molecule has 2 aromatic rings. The fourth-order valence-corrected chi connectivity index (χ4v) is 4.10. The highest BCUT2D eigenvalue weighted by atomic mass is 35.5. The molecular weight excluding hydrogens is 449 g/mol. The summed E-state index contributed by atoms with van der Waals surface area (Å²) in [4.78, 5) is 36.5. The van der Waals surface area contributed by atoms with E-state index in [0.717, 1.165) is 22.2 Å². The van der Waals surface area contributed by atoms with Crippen LogP contribution in [0.2, 0.25) is 10.0 Å². The zero-order valence-corrected chi connectivity index (χ0v) is 17.8. The summed E-state index contributed by atoms with van der Waals surface area (Å²) in [7, 11) is 0. The maximum absolute atomic E-state index is 12.3. The van der Waals surface area contributed by atoms with Gasteiger partial charge in [-0.25, -0.2) is 4.79 Å². The van der Waals surface area contributed by atoms with E-state index in [2.05, 4.69) is 6.58 Å². The van der Waals surface area contributed by atoms with E-state index in [4.69, 9.17) is 33.0 Å². The molecule has 6 nitrogen and oxygen atoms in total. The molecule has 1 fully saturated rings. The molecule has 0 bridgehead atoms. The summed E-state index contributed by atoms with van der Waals surface area (Å²) >= 11 is 13.4. The topological polar surface area (TPSA) is 83.9 Å². The number of hydrogen-bond donors (Lipinski definition) is 1. The van der Waals surface area contributed by atoms with Crippen molar-refractivity contribution in [3.63, 3.8) is 0 Å². The second-order valence-corrected chi connectivity index (χ2v) is 7.99. The van der Waals surface area contributed by atoms with Gasteiger partial charge < -0.3 is 9.84 Å². The minimum absolute atomic E-state index is 0.138. The van der Waals surface area contributed by atoms with Gasteiger partial charge in [0, 0.05) is 6.54 Å². The van der Waals surface area contributed by atoms with Crippen molar-refractivity contribution in [1.82, 2.24) is 4.90 Å². The van der Waals surface area contributed by atoms with E-state index < -0.39 is 11.9 Å². The summed E-state index contributed by atoms with van der Waals surface area (Å²) in [6.45, 7) is 3.82. The number of aromatic carboxylic acids is 1. The quantitative estimate of drug-likeness (QED) is 0.431. The molecule has 9 heteroatoms. The first-order valence-corrected chi connectivity index (χ1v) is 10.2. The van der Waals surface area contributed by atoms with Gasteiger partial charge in [0.2, 0.25) is 0 Å². The summed E-state index contributed by atoms with van der Waals surface area (Å²) in [6, 6.07) is 9.40. The van der Waals surface area contributed by atoms with Crippen LogP contribution in [0, 0.1) is 0 Å². The minimum atomic E-state index is -1.01. The highest BCUT2D eigenvalue weighted by molar-refractivity contribution is 8.18. The molecule has 0 saturated carbocycles. The molecule has 154 valence electrons. The number of carbonyl (C=O) groups is 3. The fourth-order valence-electron chi connectivity index (χ4n) is 2.64. The third kappa shape index (κ3) is 4.87. The first-order chi connectivity index (χ1) is 14.3. The van der Waals surface area contributed by atoms with Gasteiger partial charge in [0.1, 0.15) is 6.61 Å². The van der Waals surface area contributed by atoms with Crippen LogP contribution >= 0.6 is 35.0 Å². The Morgan fingerprint density at radius 3 is 2.37 bits per heavy atom. The fraction of sp³-hybridized carbons (Fsp3) is 0.0952. The Hall–Kier alpha value is -2.74. The first-order valence-electron chi connectivity index (χ1n) is 8.60. The lowest BCUT2D eigenvalue weighted by Crippen LogP contribution is -2.27. The molecule has 0 unspecified atom stereocenters. The summed E-state index contributed by atoms with van der Waals surface area (Å²) in [6.07, 6.45) is 3.02. The molecule has 1 aliphatic rings. The summed E-state index contributed by atoms with van der Waals surface area (Å²) < 4.78 is 5.69. The molecule has 3 rings (SSSR count). The second kappa shape index (κ2) is 9.38. The Morgan fingerprint density at radius 1 is 1.17 bits per heavy atom. The van der Waals surface area contributed by atoms with Crippen molar-refractivity contribution in [2.75, 3.05) is 6.54 Å². The largest absolute Gasteiger partial charge is 0.486 e. The van der Waals surface area contributed by atoms with Crippen molar-refractivity contribution >= 4 is 58.2 Å². The number of rotatable bonds is 7. The van der Waals surface area contributed by atoms with Crippen LogP contribution in [0.3, 0.4) is 0 Å². The van der Waals surface area contributed by atoms with Gasteiger partial charge in [-0.3, -0.25) is 14.5 Å². The van der Waals surface area contributed by atoms with Crippen LogP contribution in [0.5, 0.6) is 5.75 Å². The summed E-state index contributed by atoms with van der Waals surface area (Å²) in [5, 5.41) is 9.05. The van der Waals surface area contributed by atoms with E-state index in [0.29, 0.717) is 5.56 Å². The van der Waals surface area contributed by atoms with Gasteiger partial charge >= 0.3 is 5.97 Å². The molecule has 1 aliphatic heterocycles. The van der Waals surface area contributed by atoms with Crippen molar-refractivity contribution in [2.45, 2.75) is 6.61 Å². The van der Waals surface area contributed by atoms with Crippen LogP contribution in [0.15, 0.2) is 54.0 Å². The minimum Gasteiger partial charge on any atom is -0.486 e. The van der Waals surface area contributed by atoms with E-state index in [1.807, 2.05) is 0 Å². The summed E-state index contributed by atoms with van der Waals surface area (Å²) in [5.74, 6) is -1.15. The second-order valence-electron chi connectivity index (χ2n) is 6.19. The number of carbonyl (C=O) groups excluding carboxylic acids is 2. The number of carboxylic acids is 1. The predicted molar refractivity (Wildman–Crippen MR) is 117 cm³/mol. The zero-order valence-electron chi connectivity index (χ0n) is 15.4. The number of nitrogens with zero attached hydrogens (tertiary/aromatic N) is 1. The van der Waals surface area contributed by atoms with Crippen LogP contribution in [-0.2, 0) is 11.4 Å². The van der Waals surface area contributed by atoms with Gasteiger partial charge in [-0.15, -0.1) is 6.58 Å². The standard InChI is InChI=1S/C21H15Cl2NO5S/c1-2-7-24-19(25)17(30-21(24)28)10-13-8-15(22)18(16(23)9-13)29-11-12-3-5-14(6-4-12)20(26)27/h2-6,8-10H,1,7,11H2,(H,26,27)/b17-10+. The molecule has 1 heterocycles. The van der Waals surface area contributed by atoms with Crippen molar-refractivity contribution in [3.8, 4) is 5.75 Å². The number of imide groups is 1. The van der Waals surface area contributed by atoms with Crippen molar-refractivity contribution in [2.24, 2.45) is 0 Å². The summed E-state index contributed by atoms with van der Waals surface area (Å²) in [5.41, 5.74) is 1.47. The Morgan fingerprint density at radius 2 is 1.80 bits per heavy atom. The van der Waals surface area contributed by atoms with E-state index in [9.17, 15) is 14.4 Å². The van der Waals surface area contributed by atoms with Gasteiger partial charge in [-0.1, -0.05) is 41.4 Å². The zero-order chi connectivity index (χ0) is 21.8. The average molecular weight is 464 g/mol. The molecular formula is C21H15Cl2NO5S. The van der Waals surface area contributed by atoms with Crippen LogP contribution in [0.1, 0.15) is 21.5 Å². The SMILES string of the molecule is C=CCN1C(=O)S/C(=C/c2cc(Cl)c(OCc3ccc(C(=O)O)cc3)c(Cl)c2)C1=O. The van der Waals surface area contributed by atoms with E-state index in [-0.39, 0.29) is 44.7 Å². The first kappa shape index (κ1) is 22.0. The van der Waals surface area contributed by atoms with Gasteiger partial charge in [-0.05, 0) is 53.2 Å². The van der Waals surface area contributed by atoms with Crippen molar-refractivity contribution in [3.05, 3.63) is 80.7 Å². The molecule has 2 amide bonds. The molecule has 0 atom stereocenters. The van der Waals surface area contributed by atoms with Gasteiger partial charge in [0.25, 0.3) is 11.1 Å². The highest BCUT2D eigenvalue weighted by Crippen LogP contribution is 2.37. The molecule has 0 aromatic heterocycles. The number of ether oxygens (including phenoxy) is 1. The molecule has 0 aliphatic carbocycles. The molecule has 1 saturated heterocycles. The van der Waals surface area contributed by atoms with E-state index in [1.165, 1.54) is 18.2 Å². The van der Waals surface area contributed by atoms with Gasteiger partial charge in [-0.2, -0.15) is 0 Å². The molecule has 30 heavy (non-hydrogen) atoms. The normalized spacial score (nSPS) is 15.0. The number of halogens is 2. The number of thioether (sulfide) groups is 1. The van der Waals surface area contributed by atoms with Crippen LogP contribution in [0.25, 0.3) is 6.08 Å². The van der Waals surface area contributed by atoms with Gasteiger partial charge in [0.05, 0.1) is 20.5 Å². The molecule has 1 N–H and O–H groups in total. The lowest BCUT2D eigenvalue weighted by atomic mass is 10.1. The predicted octanol–water partition coefficient (Wildman–Crippen LogP) is 5.49. The lowest BCUT2D eigenvalue weighted by molar-refractivity contribution is -0.122. The van der Waals surface area contributed by atoms with Crippen LogP contribution < -0.4 is 4.74 Å². The number of benzene rings is 2. The van der Waals surface area contributed by atoms with Crippen molar-refractivity contribution < 1.29 is 24.2 Å². The molecule has 0 spiro atoms. The molecule has 0 radical (unpaired) electrons. The number of carboxylic acid groups (broad SMARTS) is 1. The van der Waals surface area contributed by atoms with Gasteiger partial charge in [0.15, 0.2) is 5.75 Å². The van der Waals surface area contributed by atoms with Crippen LogP contribution in [0.4, 0.5) is 4.79 Å². The van der Waals surface area contributed by atoms with Crippen LogP contribution in [-0.4, -0.2) is 33.7 Å². The third-order valence-electron chi connectivity index (χ3n) is 4.09. The monoisotopic (exact) mass is 463 g/mol. The Bertz CT molecular complexity index is 1040. The maximum Gasteiger partial charge on any atom is 0.335 e. The number of hydrogen-bond acceptors (Lipinski definition) is 5. The average Bonchev–Trinajstić information content (AvgIpc) is 2.95. The Balaban J connectivity index is 1.75. The smallest absolute Gasteiger partial charge is 0.335 e. The lowest BCUT2D eigenvalue weighted by Gasteiger charge is -2.11. The Labute approximate surface area is 186 Å². The van der Waals surface area contributed by atoms with E-state index >= 15 is 0 Å². The molecule has 2 aromatic carbocycles. The third-order valence-corrected chi connectivity index (χ3v) is 5.56. The Kier molecular flexibility index (Phi) is 6.87. The maximum atomic E-state index is 12.3. The van der Waals surface area contributed by atoms with E-state index in [1.54, 1.807) is 30.3 Å². The highest BCUT2D eigenvalue weighted by Gasteiger charge is 2.34. The van der Waals surface area contributed by atoms with Crippen molar-refractivity contribution in [1.29, 1.82) is 0 Å².